The van der Waals surface area contributed by atoms with Crippen LogP contribution in [0.1, 0.15) is 32.8 Å². The zero-order valence-electron chi connectivity index (χ0n) is 13.6. The van der Waals surface area contributed by atoms with E-state index in [4.69, 9.17) is 4.74 Å². The summed E-state index contributed by atoms with van der Waals surface area (Å²) in [4.78, 5) is 2.37. The van der Waals surface area contributed by atoms with E-state index in [9.17, 15) is 5.11 Å². The van der Waals surface area contributed by atoms with E-state index in [1.807, 2.05) is 12.1 Å². The van der Waals surface area contributed by atoms with Crippen LogP contribution in [0.15, 0.2) is 24.3 Å². The molecule has 1 aliphatic heterocycles. The predicted molar refractivity (Wildman–Crippen MR) is 86.7 cm³/mol. The Morgan fingerprint density at radius 1 is 1.19 bits per heavy atom. The van der Waals surface area contributed by atoms with Gasteiger partial charge >= 0.3 is 0 Å². The second kappa shape index (κ2) is 7.81. The number of likely N-dealkylation sites (tertiary alicyclic amines) is 1. The second-order valence-corrected chi connectivity index (χ2v) is 6.63. The zero-order valence-corrected chi connectivity index (χ0v) is 13.6. The summed E-state index contributed by atoms with van der Waals surface area (Å²) in [5.74, 6) is 2.29. The van der Waals surface area contributed by atoms with Crippen molar-refractivity contribution < 1.29 is 9.84 Å². The summed E-state index contributed by atoms with van der Waals surface area (Å²) in [6.45, 7) is 9.98. The lowest BCUT2D eigenvalue weighted by molar-refractivity contribution is 0.0429. The maximum absolute atomic E-state index is 10.2. The van der Waals surface area contributed by atoms with Crippen LogP contribution in [0, 0.1) is 11.8 Å². The Morgan fingerprint density at radius 3 is 2.38 bits per heavy atom. The number of piperidine rings is 1. The molecule has 1 saturated heterocycles. The van der Waals surface area contributed by atoms with Crippen molar-refractivity contribution in [3.63, 3.8) is 0 Å². The first-order valence-electron chi connectivity index (χ1n) is 8.19. The Bertz CT molecular complexity index is 408. The Kier molecular flexibility index (Phi) is 6.07. The molecule has 1 aliphatic rings. The van der Waals surface area contributed by atoms with Crippen molar-refractivity contribution in [1.82, 2.24) is 4.90 Å². The number of rotatable bonds is 6. The third kappa shape index (κ3) is 5.33. The molecule has 2 rings (SSSR count). The number of aliphatic hydroxyl groups is 1. The van der Waals surface area contributed by atoms with Gasteiger partial charge in [0, 0.05) is 19.6 Å². The standard InChI is InChI=1S/C18H29NO2/c1-4-16-5-7-18(8-6-16)21-13-17(20)12-19-10-14(2)9-15(3)11-19/h5-8,14-15,17,20H,4,9-13H2,1-3H3/t14-,15+,17-/m1/s1. The molecule has 0 amide bonds. The first-order valence-corrected chi connectivity index (χ1v) is 8.19. The van der Waals surface area contributed by atoms with E-state index in [1.165, 1.54) is 12.0 Å². The Morgan fingerprint density at radius 2 is 1.81 bits per heavy atom. The highest BCUT2D eigenvalue weighted by Crippen LogP contribution is 2.21. The molecule has 3 atom stereocenters. The van der Waals surface area contributed by atoms with Gasteiger partial charge in [-0.1, -0.05) is 32.9 Å². The summed E-state index contributed by atoms with van der Waals surface area (Å²) in [5.41, 5.74) is 1.30. The van der Waals surface area contributed by atoms with Gasteiger partial charge in [-0.05, 0) is 42.4 Å². The number of ether oxygens (including phenoxy) is 1. The smallest absolute Gasteiger partial charge is 0.119 e. The maximum Gasteiger partial charge on any atom is 0.119 e. The summed E-state index contributed by atoms with van der Waals surface area (Å²) in [5, 5.41) is 10.2. The van der Waals surface area contributed by atoms with Gasteiger partial charge in [0.1, 0.15) is 18.5 Å². The lowest BCUT2D eigenvalue weighted by Crippen LogP contribution is -2.43. The molecule has 1 aromatic rings. The largest absolute Gasteiger partial charge is 0.491 e. The summed E-state index contributed by atoms with van der Waals surface area (Å²) in [7, 11) is 0. The average molecular weight is 291 g/mol. The van der Waals surface area contributed by atoms with Crippen LogP contribution < -0.4 is 4.74 Å². The van der Waals surface area contributed by atoms with Crippen LogP contribution in [0.2, 0.25) is 0 Å². The molecule has 0 spiro atoms. The highest BCUT2D eigenvalue weighted by Gasteiger charge is 2.23. The van der Waals surface area contributed by atoms with Gasteiger partial charge in [0.15, 0.2) is 0 Å². The third-order valence-corrected chi connectivity index (χ3v) is 4.19. The van der Waals surface area contributed by atoms with Gasteiger partial charge in [0.25, 0.3) is 0 Å². The lowest BCUT2D eigenvalue weighted by Gasteiger charge is -2.35. The molecular formula is C18H29NO2. The van der Waals surface area contributed by atoms with E-state index in [0.29, 0.717) is 13.2 Å². The van der Waals surface area contributed by atoms with Crippen molar-refractivity contribution in [2.24, 2.45) is 11.8 Å². The van der Waals surface area contributed by atoms with E-state index in [-0.39, 0.29) is 0 Å². The van der Waals surface area contributed by atoms with Crippen molar-refractivity contribution in [3.05, 3.63) is 29.8 Å². The van der Waals surface area contributed by atoms with Crippen molar-refractivity contribution >= 4 is 0 Å². The molecule has 118 valence electrons. The third-order valence-electron chi connectivity index (χ3n) is 4.19. The fourth-order valence-electron chi connectivity index (χ4n) is 3.31. The van der Waals surface area contributed by atoms with Crippen LogP contribution in [0.5, 0.6) is 5.75 Å². The van der Waals surface area contributed by atoms with Crippen molar-refractivity contribution in [1.29, 1.82) is 0 Å². The minimum atomic E-state index is -0.423. The van der Waals surface area contributed by atoms with Crippen molar-refractivity contribution in [3.8, 4) is 5.75 Å². The number of hydrogen-bond donors (Lipinski definition) is 1. The molecule has 1 aromatic carbocycles. The SMILES string of the molecule is CCc1ccc(OC[C@H](O)CN2C[C@H](C)C[C@H](C)C2)cc1. The topological polar surface area (TPSA) is 32.7 Å². The fourth-order valence-corrected chi connectivity index (χ4v) is 3.31. The van der Waals surface area contributed by atoms with Crippen LogP contribution in [-0.4, -0.2) is 42.4 Å². The van der Waals surface area contributed by atoms with Gasteiger partial charge in [-0.25, -0.2) is 0 Å². The summed E-state index contributed by atoms with van der Waals surface area (Å²) < 4.78 is 5.69. The first kappa shape index (κ1) is 16.3. The molecular weight excluding hydrogens is 262 g/mol. The van der Waals surface area contributed by atoms with Gasteiger partial charge in [-0.3, -0.25) is 0 Å². The van der Waals surface area contributed by atoms with Crippen molar-refractivity contribution in [2.75, 3.05) is 26.2 Å². The number of hydrogen-bond acceptors (Lipinski definition) is 3. The Labute approximate surface area is 128 Å². The highest BCUT2D eigenvalue weighted by atomic mass is 16.5. The van der Waals surface area contributed by atoms with E-state index in [2.05, 4.69) is 37.8 Å². The molecule has 0 aromatic heterocycles. The lowest BCUT2D eigenvalue weighted by atomic mass is 9.92. The number of benzene rings is 1. The molecule has 1 N–H and O–H groups in total. The maximum atomic E-state index is 10.2. The van der Waals surface area contributed by atoms with Gasteiger partial charge in [-0.2, -0.15) is 0 Å². The van der Waals surface area contributed by atoms with Crippen LogP contribution in [0.25, 0.3) is 0 Å². The predicted octanol–water partition coefficient (Wildman–Crippen LogP) is 2.97. The monoisotopic (exact) mass is 291 g/mol. The molecule has 3 heteroatoms. The molecule has 0 unspecified atom stereocenters. The molecule has 1 heterocycles. The van der Waals surface area contributed by atoms with Crippen LogP contribution >= 0.6 is 0 Å². The average Bonchev–Trinajstić information content (AvgIpc) is 2.44. The summed E-state index contributed by atoms with van der Waals surface area (Å²) in [6, 6.07) is 8.12. The molecule has 0 radical (unpaired) electrons. The molecule has 0 bridgehead atoms. The Hall–Kier alpha value is -1.06. The summed E-state index contributed by atoms with van der Waals surface area (Å²) in [6.07, 6.45) is 1.91. The van der Waals surface area contributed by atoms with Crippen LogP contribution in [-0.2, 0) is 6.42 Å². The van der Waals surface area contributed by atoms with Gasteiger partial charge in [0.2, 0.25) is 0 Å². The van der Waals surface area contributed by atoms with Crippen molar-refractivity contribution in [2.45, 2.75) is 39.7 Å². The number of β-amino-alcohol motifs (C(OH)–C–C–N with tert-alkyl or cyclic N) is 1. The molecule has 1 fully saturated rings. The van der Waals surface area contributed by atoms with Gasteiger partial charge in [0.05, 0.1) is 0 Å². The molecule has 3 nitrogen and oxygen atoms in total. The number of aryl methyl sites for hydroxylation is 1. The molecule has 0 saturated carbocycles. The van der Waals surface area contributed by atoms with Gasteiger partial charge < -0.3 is 14.7 Å². The fraction of sp³-hybridized carbons (Fsp3) is 0.667. The number of nitrogens with zero attached hydrogens (tertiary/aromatic N) is 1. The molecule has 0 aliphatic carbocycles. The van der Waals surface area contributed by atoms with Gasteiger partial charge in [-0.15, -0.1) is 0 Å². The van der Waals surface area contributed by atoms with E-state index in [1.54, 1.807) is 0 Å². The van der Waals surface area contributed by atoms with Crippen LogP contribution in [0.3, 0.4) is 0 Å². The quantitative estimate of drug-likeness (QED) is 0.874. The molecule has 21 heavy (non-hydrogen) atoms. The van der Waals surface area contributed by atoms with E-state index in [0.717, 1.165) is 37.1 Å². The normalized spacial score (nSPS) is 24.8. The van der Waals surface area contributed by atoms with E-state index >= 15 is 0 Å². The minimum Gasteiger partial charge on any atom is -0.491 e. The number of aliphatic hydroxyl groups excluding tert-OH is 1. The first-order chi connectivity index (χ1) is 10.1. The highest BCUT2D eigenvalue weighted by molar-refractivity contribution is 5.27. The zero-order chi connectivity index (χ0) is 15.2. The van der Waals surface area contributed by atoms with E-state index < -0.39 is 6.10 Å². The minimum absolute atomic E-state index is 0.366. The second-order valence-electron chi connectivity index (χ2n) is 6.63. The Balaban J connectivity index is 1.74. The van der Waals surface area contributed by atoms with Crippen LogP contribution in [0.4, 0.5) is 0 Å². The summed E-state index contributed by atoms with van der Waals surface area (Å²) >= 11 is 0.